The molecule has 0 saturated carbocycles. The maximum atomic E-state index is 9.76. The Balaban J connectivity index is 1.68. The smallest absolute Gasteiger partial charge is 0.122 e. The lowest BCUT2D eigenvalue weighted by Gasteiger charge is -2.13. The van der Waals surface area contributed by atoms with Gasteiger partial charge in [-0.1, -0.05) is 26.0 Å². The van der Waals surface area contributed by atoms with Crippen molar-refractivity contribution >= 4 is 0 Å². The van der Waals surface area contributed by atoms with Crippen LogP contribution in [0.5, 0.6) is 5.75 Å². The molecule has 1 aliphatic heterocycles. The van der Waals surface area contributed by atoms with Crippen LogP contribution < -0.4 is 10.1 Å². The van der Waals surface area contributed by atoms with Gasteiger partial charge in [-0.05, 0) is 42.5 Å². The number of fused-ring (bicyclic) bond motifs is 1. The number of hydrogen-bond donors (Lipinski definition) is 2. The number of benzene rings is 1. The SMILES string of the molecule is CC(C)CC(O)CNCCc1ccc2c(c1)CCO2. The molecule has 2 N–H and O–H groups in total. The fraction of sp³-hybridized carbons (Fsp3) is 0.625. The Bertz CT molecular complexity index is 404. The highest BCUT2D eigenvalue weighted by atomic mass is 16.5. The van der Waals surface area contributed by atoms with E-state index in [2.05, 4.69) is 37.4 Å². The van der Waals surface area contributed by atoms with Gasteiger partial charge in [0.15, 0.2) is 0 Å². The molecule has 1 aromatic rings. The van der Waals surface area contributed by atoms with Crippen molar-refractivity contribution in [3.8, 4) is 5.75 Å². The minimum atomic E-state index is -0.228. The summed E-state index contributed by atoms with van der Waals surface area (Å²) >= 11 is 0. The van der Waals surface area contributed by atoms with Crippen molar-refractivity contribution in [3.63, 3.8) is 0 Å². The van der Waals surface area contributed by atoms with E-state index in [1.807, 2.05) is 0 Å². The average Bonchev–Trinajstić information content (AvgIpc) is 2.81. The molecule has 0 bridgehead atoms. The molecule has 0 fully saturated rings. The summed E-state index contributed by atoms with van der Waals surface area (Å²) in [4.78, 5) is 0. The summed E-state index contributed by atoms with van der Waals surface area (Å²) in [6, 6.07) is 6.45. The molecule has 0 aromatic heterocycles. The number of rotatable bonds is 7. The van der Waals surface area contributed by atoms with Crippen LogP contribution in [0.3, 0.4) is 0 Å². The molecule has 19 heavy (non-hydrogen) atoms. The molecule has 0 radical (unpaired) electrons. The van der Waals surface area contributed by atoms with Crippen LogP contribution in [0.1, 0.15) is 31.4 Å². The number of aliphatic hydroxyl groups is 1. The van der Waals surface area contributed by atoms with Gasteiger partial charge in [-0.15, -0.1) is 0 Å². The predicted octanol–water partition coefficient (Wildman–Crippen LogP) is 2.16. The molecule has 0 amide bonds. The standard InChI is InChI=1S/C16H25NO2/c1-12(2)9-15(18)11-17-7-5-13-3-4-16-14(10-13)6-8-19-16/h3-4,10,12,15,17-18H,5-9,11H2,1-2H3. The van der Waals surface area contributed by atoms with Crippen LogP contribution in [0.25, 0.3) is 0 Å². The lowest BCUT2D eigenvalue weighted by Crippen LogP contribution is -2.29. The Kier molecular flexibility index (Phi) is 5.23. The second kappa shape index (κ2) is 6.92. The molecule has 1 unspecified atom stereocenters. The van der Waals surface area contributed by atoms with Gasteiger partial charge in [0.25, 0.3) is 0 Å². The van der Waals surface area contributed by atoms with Crippen molar-refractivity contribution in [1.82, 2.24) is 5.32 Å². The van der Waals surface area contributed by atoms with E-state index in [9.17, 15) is 5.11 Å². The normalized spacial score (nSPS) is 15.4. The Morgan fingerprint density at radius 1 is 1.37 bits per heavy atom. The fourth-order valence-electron chi connectivity index (χ4n) is 2.52. The first kappa shape index (κ1) is 14.4. The quantitative estimate of drug-likeness (QED) is 0.741. The van der Waals surface area contributed by atoms with Gasteiger partial charge in [-0.3, -0.25) is 0 Å². The second-order valence-corrected chi connectivity index (χ2v) is 5.78. The van der Waals surface area contributed by atoms with Crippen molar-refractivity contribution in [2.24, 2.45) is 5.92 Å². The number of aliphatic hydroxyl groups excluding tert-OH is 1. The predicted molar refractivity (Wildman–Crippen MR) is 77.7 cm³/mol. The zero-order valence-electron chi connectivity index (χ0n) is 12.0. The average molecular weight is 263 g/mol. The molecule has 1 heterocycles. The topological polar surface area (TPSA) is 41.5 Å². The molecular weight excluding hydrogens is 238 g/mol. The maximum absolute atomic E-state index is 9.76. The van der Waals surface area contributed by atoms with E-state index in [1.165, 1.54) is 11.1 Å². The van der Waals surface area contributed by atoms with E-state index in [0.29, 0.717) is 12.5 Å². The van der Waals surface area contributed by atoms with Crippen molar-refractivity contribution in [1.29, 1.82) is 0 Å². The van der Waals surface area contributed by atoms with Crippen LogP contribution in [0.4, 0.5) is 0 Å². The minimum Gasteiger partial charge on any atom is -0.493 e. The molecule has 1 aromatic carbocycles. The Labute approximate surface area is 116 Å². The monoisotopic (exact) mass is 263 g/mol. The summed E-state index contributed by atoms with van der Waals surface area (Å²) in [6.07, 6.45) is 2.67. The molecule has 3 nitrogen and oxygen atoms in total. The molecule has 106 valence electrons. The van der Waals surface area contributed by atoms with Gasteiger partial charge in [-0.2, -0.15) is 0 Å². The number of hydrogen-bond acceptors (Lipinski definition) is 3. The molecule has 1 aliphatic rings. The Morgan fingerprint density at radius 3 is 3.00 bits per heavy atom. The highest BCUT2D eigenvalue weighted by molar-refractivity contribution is 5.39. The fourth-order valence-corrected chi connectivity index (χ4v) is 2.52. The molecular formula is C16H25NO2. The van der Waals surface area contributed by atoms with Crippen LogP contribution in [-0.2, 0) is 12.8 Å². The Morgan fingerprint density at radius 2 is 2.21 bits per heavy atom. The third-order valence-electron chi connectivity index (χ3n) is 3.47. The van der Waals surface area contributed by atoms with E-state index in [-0.39, 0.29) is 6.10 Å². The maximum Gasteiger partial charge on any atom is 0.122 e. The van der Waals surface area contributed by atoms with Gasteiger partial charge in [0.05, 0.1) is 12.7 Å². The summed E-state index contributed by atoms with van der Waals surface area (Å²) in [7, 11) is 0. The summed E-state index contributed by atoms with van der Waals surface area (Å²) in [6.45, 7) is 6.69. The first-order valence-electron chi connectivity index (χ1n) is 7.28. The summed E-state index contributed by atoms with van der Waals surface area (Å²) in [5.74, 6) is 1.59. The van der Waals surface area contributed by atoms with Crippen LogP contribution >= 0.6 is 0 Å². The zero-order valence-corrected chi connectivity index (χ0v) is 12.0. The Hall–Kier alpha value is -1.06. The van der Waals surface area contributed by atoms with Gasteiger partial charge >= 0.3 is 0 Å². The third-order valence-corrected chi connectivity index (χ3v) is 3.47. The molecule has 1 atom stereocenters. The highest BCUT2D eigenvalue weighted by Gasteiger charge is 2.11. The van der Waals surface area contributed by atoms with Crippen molar-refractivity contribution in [2.45, 2.75) is 39.2 Å². The number of ether oxygens (including phenoxy) is 1. The highest BCUT2D eigenvalue weighted by Crippen LogP contribution is 2.25. The first-order valence-corrected chi connectivity index (χ1v) is 7.28. The zero-order chi connectivity index (χ0) is 13.7. The van der Waals surface area contributed by atoms with Crippen LogP contribution in [0.15, 0.2) is 18.2 Å². The van der Waals surface area contributed by atoms with Crippen LogP contribution in [0.2, 0.25) is 0 Å². The van der Waals surface area contributed by atoms with Gasteiger partial charge in [0.1, 0.15) is 5.75 Å². The number of nitrogens with one attached hydrogen (secondary N) is 1. The lowest BCUT2D eigenvalue weighted by atomic mass is 10.1. The largest absolute Gasteiger partial charge is 0.493 e. The summed E-state index contributed by atoms with van der Waals surface area (Å²) in [5, 5.41) is 13.1. The molecule has 0 aliphatic carbocycles. The second-order valence-electron chi connectivity index (χ2n) is 5.78. The molecule has 3 heteroatoms. The van der Waals surface area contributed by atoms with Gasteiger partial charge < -0.3 is 15.2 Å². The van der Waals surface area contributed by atoms with Crippen LogP contribution in [0, 0.1) is 5.92 Å². The first-order chi connectivity index (χ1) is 9.15. The van der Waals surface area contributed by atoms with Crippen LogP contribution in [-0.4, -0.2) is 30.9 Å². The van der Waals surface area contributed by atoms with Crippen molar-refractivity contribution in [2.75, 3.05) is 19.7 Å². The van der Waals surface area contributed by atoms with E-state index >= 15 is 0 Å². The lowest BCUT2D eigenvalue weighted by molar-refractivity contribution is 0.147. The molecule has 0 spiro atoms. The van der Waals surface area contributed by atoms with Gasteiger partial charge in [0.2, 0.25) is 0 Å². The molecule has 2 rings (SSSR count). The van der Waals surface area contributed by atoms with Gasteiger partial charge in [0, 0.05) is 13.0 Å². The van der Waals surface area contributed by atoms with Crippen molar-refractivity contribution < 1.29 is 9.84 Å². The molecule has 0 saturated heterocycles. The van der Waals surface area contributed by atoms with Crippen molar-refractivity contribution in [3.05, 3.63) is 29.3 Å². The minimum absolute atomic E-state index is 0.228. The third kappa shape index (κ3) is 4.51. The van der Waals surface area contributed by atoms with Gasteiger partial charge in [-0.25, -0.2) is 0 Å². The van der Waals surface area contributed by atoms with E-state index in [1.54, 1.807) is 0 Å². The van der Waals surface area contributed by atoms with E-state index in [4.69, 9.17) is 4.74 Å². The summed E-state index contributed by atoms with van der Waals surface area (Å²) < 4.78 is 5.50. The van der Waals surface area contributed by atoms with E-state index < -0.39 is 0 Å². The summed E-state index contributed by atoms with van der Waals surface area (Å²) in [5.41, 5.74) is 2.67. The van der Waals surface area contributed by atoms with E-state index in [0.717, 1.165) is 38.2 Å².